The number of para-hydroxylation sites is 3. The minimum atomic E-state index is -0.162. The monoisotopic (exact) mass is 708 g/mol. The summed E-state index contributed by atoms with van der Waals surface area (Å²) in [5.74, 6) is 2.82. The van der Waals surface area contributed by atoms with Crippen molar-refractivity contribution in [1.82, 2.24) is 4.57 Å². The summed E-state index contributed by atoms with van der Waals surface area (Å²) >= 11 is 0. The molecule has 1 aliphatic carbocycles. The molecule has 0 saturated heterocycles. The molecule has 9 aromatic rings. The Balaban J connectivity index is 1.09. The second-order valence-corrected chi connectivity index (χ2v) is 15.0. The average molecular weight is 709 g/mol. The SMILES string of the molecule is CC1(C)c2ccccc2-c2cc3c(cc21)Oc1c(cccc1N(c1ccc(-c2ccccc2)cc1)c1ccc2c(c1)c1ccccc1n2-c1ccccc1)O3. The summed E-state index contributed by atoms with van der Waals surface area (Å²) in [6.45, 7) is 4.58. The molecule has 0 N–H and O–H groups in total. The van der Waals surface area contributed by atoms with Crippen LogP contribution in [-0.4, -0.2) is 4.57 Å². The summed E-state index contributed by atoms with van der Waals surface area (Å²) in [6.07, 6.45) is 0. The molecule has 55 heavy (non-hydrogen) atoms. The number of anilines is 3. The third-order valence-electron chi connectivity index (χ3n) is 11.4. The molecule has 0 amide bonds. The molecule has 8 aromatic carbocycles. The fourth-order valence-electron chi connectivity index (χ4n) is 8.78. The second-order valence-electron chi connectivity index (χ2n) is 15.0. The number of ether oxygens (including phenoxy) is 2. The van der Waals surface area contributed by atoms with Gasteiger partial charge in [-0.05, 0) is 106 Å². The van der Waals surface area contributed by atoms with Gasteiger partial charge in [-0.1, -0.05) is 123 Å². The highest BCUT2D eigenvalue weighted by atomic mass is 16.6. The maximum atomic E-state index is 6.99. The van der Waals surface area contributed by atoms with E-state index in [0.717, 1.165) is 45.3 Å². The van der Waals surface area contributed by atoms with Gasteiger partial charge in [0, 0.05) is 33.2 Å². The Kier molecular flexibility index (Phi) is 6.86. The van der Waals surface area contributed by atoms with Gasteiger partial charge in [0.1, 0.15) is 0 Å². The van der Waals surface area contributed by atoms with E-state index in [1.165, 1.54) is 44.1 Å². The molecule has 1 aromatic heterocycles. The van der Waals surface area contributed by atoms with Crippen LogP contribution in [0.1, 0.15) is 25.0 Å². The van der Waals surface area contributed by atoms with E-state index in [1.54, 1.807) is 0 Å². The van der Waals surface area contributed by atoms with Crippen molar-refractivity contribution in [3.8, 4) is 50.9 Å². The molecule has 0 bridgehead atoms. The lowest BCUT2D eigenvalue weighted by Crippen LogP contribution is -2.15. The minimum Gasteiger partial charge on any atom is -0.449 e. The van der Waals surface area contributed by atoms with Gasteiger partial charge < -0.3 is 18.9 Å². The smallest absolute Gasteiger partial charge is 0.194 e. The summed E-state index contributed by atoms with van der Waals surface area (Å²) in [4.78, 5) is 2.29. The number of aromatic nitrogens is 1. The minimum absolute atomic E-state index is 0.162. The summed E-state index contributed by atoms with van der Waals surface area (Å²) < 4.78 is 16.1. The van der Waals surface area contributed by atoms with Crippen molar-refractivity contribution in [2.75, 3.05) is 4.90 Å². The fraction of sp³-hybridized carbons (Fsp3) is 0.0588. The highest BCUT2D eigenvalue weighted by molar-refractivity contribution is 6.10. The Morgan fingerprint density at radius 1 is 0.455 bits per heavy atom. The first kappa shape index (κ1) is 31.5. The number of benzene rings is 8. The molecule has 0 atom stereocenters. The highest BCUT2D eigenvalue weighted by Crippen LogP contribution is 2.57. The number of fused-ring (bicyclic) bond motifs is 8. The van der Waals surface area contributed by atoms with E-state index in [2.05, 4.69) is 199 Å². The van der Waals surface area contributed by atoms with Crippen molar-refractivity contribution in [1.29, 1.82) is 0 Å². The Bertz CT molecular complexity index is 2940. The van der Waals surface area contributed by atoms with Gasteiger partial charge in [0.25, 0.3) is 0 Å². The van der Waals surface area contributed by atoms with Crippen LogP contribution in [0.15, 0.2) is 182 Å². The van der Waals surface area contributed by atoms with Crippen LogP contribution in [0.3, 0.4) is 0 Å². The first-order valence-corrected chi connectivity index (χ1v) is 18.8. The van der Waals surface area contributed by atoms with Gasteiger partial charge in [-0.25, -0.2) is 0 Å². The predicted octanol–water partition coefficient (Wildman–Crippen LogP) is 14.1. The summed E-state index contributed by atoms with van der Waals surface area (Å²) in [6, 6.07) is 64.5. The van der Waals surface area contributed by atoms with Gasteiger partial charge >= 0.3 is 0 Å². The zero-order chi connectivity index (χ0) is 36.7. The van der Waals surface area contributed by atoms with Crippen molar-refractivity contribution < 1.29 is 9.47 Å². The molecular formula is C51H36N2O2. The average Bonchev–Trinajstić information content (AvgIpc) is 3.68. The molecule has 4 heteroatoms. The van der Waals surface area contributed by atoms with Crippen LogP contribution in [0, 0.1) is 0 Å². The van der Waals surface area contributed by atoms with Gasteiger partial charge in [-0.2, -0.15) is 0 Å². The molecule has 11 rings (SSSR count). The third-order valence-corrected chi connectivity index (χ3v) is 11.4. The molecule has 1 aliphatic heterocycles. The van der Waals surface area contributed by atoms with Crippen molar-refractivity contribution >= 4 is 38.9 Å². The van der Waals surface area contributed by atoms with E-state index in [-0.39, 0.29) is 5.41 Å². The molecule has 0 radical (unpaired) electrons. The van der Waals surface area contributed by atoms with E-state index in [1.807, 2.05) is 6.07 Å². The lowest BCUT2D eigenvalue weighted by Gasteiger charge is -2.31. The van der Waals surface area contributed by atoms with Crippen molar-refractivity contribution in [3.63, 3.8) is 0 Å². The standard InChI is InChI=1S/C51H36N2O2/c1-51(2)42-20-11-9-18-38(42)40-31-48-49(32-43(40)51)55-50-46(22-13-23-47(50)54-48)52(36-26-24-34(25-27-36)33-14-5-3-6-15-33)37-28-29-45-41(30-37)39-19-10-12-21-44(39)53(45)35-16-7-4-8-17-35/h3-32H,1-2H3. The van der Waals surface area contributed by atoms with Gasteiger partial charge in [-0.15, -0.1) is 0 Å². The number of nitrogens with zero attached hydrogens (tertiary/aromatic N) is 2. The Labute approximate surface area is 320 Å². The molecule has 2 heterocycles. The van der Waals surface area contributed by atoms with Gasteiger partial charge in [0.2, 0.25) is 0 Å². The van der Waals surface area contributed by atoms with E-state index < -0.39 is 0 Å². The Hall–Kier alpha value is -7.04. The second kappa shape index (κ2) is 12.0. The maximum Gasteiger partial charge on any atom is 0.194 e. The molecule has 262 valence electrons. The molecule has 0 saturated carbocycles. The van der Waals surface area contributed by atoms with Crippen molar-refractivity contribution in [2.45, 2.75) is 19.3 Å². The molecule has 0 fully saturated rings. The molecule has 0 spiro atoms. The van der Waals surface area contributed by atoms with Gasteiger partial charge in [0.15, 0.2) is 23.0 Å². The number of rotatable bonds is 5. The largest absolute Gasteiger partial charge is 0.449 e. The third kappa shape index (κ3) is 4.85. The zero-order valence-electron chi connectivity index (χ0n) is 30.5. The fourth-order valence-corrected chi connectivity index (χ4v) is 8.78. The predicted molar refractivity (Wildman–Crippen MR) is 225 cm³/mol. The van der Waals surface area contributed by atoms with Crippen molar-refractivity contribution in [3.05, 3.63) is 193 Å². The summed E-state index contributed by atoms with van der Waals surface area (Å²) in [5, 5.41) is 2.37. The van der Waals surface area contributed by atoms with Crippen LogP contribution in [0.25, 0.3) is 49.7 Å². The van der Waals surface area contributed by atoms with Crippen molar-refractivity contribution in [2.24, 2.45) is 0 Å². The maximum absolute atomic E-state index is 6.99. The van der Waals surface area contributed by atoms with Crippen LogP contribution >= 0.6 is 0 Å². The van der Waals surface area contributed by atoms with Crippen LogP contribution in [0.4, 0.5) is 17.1 Å². The lowest BCUT2D eigenvalue weighted by molar-refractivity contribution is 0.360. The zero-order valence-corrected chi connectivity index (χ0v) is 30.5. The van der Waals surface area contributed by atoms with E-state index in [9.17, 15) is 0 Å². The highest BCUT2D eigenvalue weighted by Gasteiger charge is 2.38. The van der Waals surface area contributed by atoms with E-state index in [4.69, 9.17) is 9.47 Å². The Morgan fingerprint density at radius 2 is 1.13 bits per heavy atom. The Morgan fingerprint density at radius 3 is 1.96 bits per heavy atom. The number of hydrogen-bond donors (Lipinski definition) is 0. The molecule has 2 aliphatic rings. The van der Waals surface area contributed by atoms with Gasteiger partial charge in [-0.3, -0.25) is 0 Å². The van der Waals surface area contributed by atoms with Crippen LogP contribution in [-0.2, 0) is 5.41 Å². The normalized spacial score (nSPS) is 13.3. The summed E-state index contributed by atoms with van der Waals surface area (Å²) in [7, 11) is 0. The first-order valence-electron chi connectivity index (χ1n) is 18.8. The lowest BCUT2D eigenvalue weighted by atomic mass is 9.82. The van der Waals surface area contributed by atoms with Crippen LogP contribution < -0.4 is 14.4 Å². The first-order chi connectivity index (χ1) is 27.0. The van der Waals surface area contributed by atoms with Gasteiger partial charge in [0.05, 0.1) is 16.7 Å². The molecular weight excluding hydrogens is 673 g/mol. The number of hydrogen-bond acceptors (Lipinski definition) is 3. The van der Waals surface area contributed by atoms with Crippen LogP contribution in [0.2, 0.25) is 0 Å². The van der Waals surface area contributed by atoms with Crippen LogP contribution in [0.5, 0.6) is 23.0 Å². The molecule has 0 unspecified atom stereocenters. The van der Waals surface area contributed by atoms with E-state index >= 15 is 0 Å². The summed E-state index contributed by atoms with van der Waals surface area (Å²) in [5.41, 5.74) is 13.6. The topological polar surface area (TPSA) is 26.6 Å². The van der Waals surface area contributed by atoms with E-state index in [0.29, 0.717) is 11.5 Å². The quantitative estimate of drug-likeness (QED) is 0.178. The molecule has 4 nitrogen and oxygen atoms in total.